The Balaban J connectivity index is 2.55. The monoisotopic (exact) mass is 256 g/mol. The number of allylic oxidation sites excluding steroid dienone is 2. The molecule has 19 heavy (non-hydrogen) atoms. The fourth-order valence-corrected chi connectivity index (χ4v) is 1.54. The minimum Gasteiger partial charge on any atom is -0.489 e. The first kappa shape index (κ1) is 15.3. The number of hydrogen-bond acceptors (Lipinski definition) is 1. The Morgan fingerprint density at radius 3 is 2.16 bits per heavy atom. The molecular formula is C18H24O. The van der Waals surface area contributed by atoms with Crippen LogP contribution in [-0.4, -0.2) is 6.61 Å². The van der Waals surface area contributed by atoms with Crippen LogP contribution in [0.3, 0.4) is 0 Å². The summed E-state index contributed by atoms with van der Waals surface area (Å²) < 4.78 is 5.69. The van der Waals surface area contributed by atoms with Crippen molar-refractivity contribution >= 4 is 0 Å². The van der Waals surface area contributed by atoms with E-state index in [9.17, 15) is 0 Å². The van der Waals surface area contributed by atoms with Crippen LogP contribution in [0.4, 0.5) is 0 Å². The van der Waals surface area contributed by atoms with Gasteiger partial charge in [0, 0.05) is 0 Å². The summed E-state index contributed by atoms with van der Waals surface area (Å²) in [6, 6.07) is 8.25. The smallest absolute Gasteiger partial charge is 0.119 e. The van der Waals surface area contributed by atoms with Crippen LogP contribution in [0.1, 0.15) is 33.3 Å². The zero-order chi connectivity index (χ0) is 14.5. The van der Waals surface area contributed by atoms with Crippen molar-refractivity contribution in [3.8, 4) is 5.75 Å². The molecule has 1 aromatic carbocycles. The molecule has 0 fully saturated rings. The Labute approximate surface area is 117 Å². The maximum atomic E-state index is 5.69. The van der Waals surface area contributed by atoms with Gasteiger partial charge in [0.15, 0.2) is 0 Å². The van der Waals surface area contributed by atoms with Gasteiger partial charge in [-0.25, -0.2) is 0 Å². The van der Waals surface area contributed by atoms with E-state index in [1.165, 1.54) is 5.56 Å². The van der Waals surface area contributed by atoms with Crippen molar-refractivity contribution in [1.82, 2.24) is 0 Å². The van der Waals surface area contributed by atoms with Crippen LogP contribution < -0.4 is 4.74 Å². The van der Waals surface area contributed by atoms with E-state index in [1.807, 2.05) is 31.2 Å². The van der Waals surface area contributed by atoms with Crippen LogP contribution >= 0.6 is 0 Å². The quantitative estimate of drug-likeness (QED) is 0.670. The molecule has 0 aliphatic rings. The fraction of sp³-hybridized carbons (Fsp3) is 0.333. The minimum atomic E-state index is 0.173. The Kier molecular flexibility index (Phi) is 5.17. The average molecular weight is 256 g/mol. The zero-order valence-corrected chi connectivity index (χ0v) is 12.5. The molecule has 0 aliphatic heterocycles. The molecule has 1 heteroatoms. The number of rotatable bonds is 5. The van der Waals surface area contributed by atoms with E-state index in [0.717, 1.165) is 16.9 Å². The highest BCUT2D eigenvalue weighted by atomic mass is 16.5. The molecule has 0 unspecified atom stereocenters. The van der Waals surface area contributed by atoms with E-state index in [1.54, 1.807) is 0 Å². The summed E-state index contributed by atoms with van der Waals surface area (Å²) in [5.74, 6) is 0.873. The van der Waals surface area contributed by atoms with Crippen molar-refractivity contribution in [1.29, 1.82) is 0 Å². The Morgan fingerprint density at radius 1 is 1.11 bits per heavy atom. The summed E-state index contributed by atoms with van der Waals surface area (Å²) in [4.78, 5) is 0. The lowest BCUT2D eigenvalue weighted by Gasteiger charge is -2.19. The lowest BCUT2D eigenvalue weighted by atomic mass is 9.87. The summed E-state index contributed by atoms with van der Waals surface area (Å²) in [6.45, 7) is 16.8. The summed E-state index contributed by atoms with van der Waals surface area (Å²) in [6.07, 6.45) is 3.88. The summed E-state index contributed by atoms with van der Waals surface area (Å²) in [5.41, 5.74) is 3.42. The van der Waals surface area contributed by atoms with E-state index in [2.05, 4.69) is 46.1 Å². The Bertz CT molecular complexity index is 469. The first-order valence-electron chi connectivity index (χ1n) is 6.54. The molecule has 0 heterocycles. The summed E-state index contributed by atoms with van der Waals surface area (Å²) in [5, 5.41) is 0. The first-order valence-corrected chi connectivity index (χ1v) is 6.54. The second kappa shape index (κ2) is 6.42. The maximum absolute atomic E-state index is 5.69. The van der Waals surface area contributed by atoms with E-state index in [4.69, 9.17) is 4.74 Å². The third-order valence-corrected chi connectivity index (χ3v) is 2.75. The van der Waals surface area contributed by atoms with Crippen molar-refractivity contribution < 1.29 is 4.74 Å². The van der Waals surface area contributed by atoms with Crippen molar-refractivity contribution in [2.75, 3.05) is 6.61 Å². The van der Waals surface area contributed by atoms with Crippen LogP contribution in [0.5, 0.6) is 5.75 Å². The molecule has 0 aliphatic carbocycles. The van der Waals surface area contributed by atoms with Gasteiger partial charge in [0.25, 0.3) is 0 Å². The Hall–Kier alpha value is -1.76. The molecule has 0 N–H and O–H groups in total. The van der Waals surface area contributed by atoms with E-state index < -0.39 is 0 Å². The highest BCUT2D eigenvalue weighted by Gasteiger charge is 2.12. The Morgan fingerprint density at radius 2 is 1.68 bits per heavy atom. The molecule has 0 spiro atoms. The van der Waals surface area contributed by atoms with Gasteiger partial charge in [-0.15, -0.1) is 0 Å². The van der Waals surface area contributed by atoms with Crippen LogP contribution in [0.2, 0.25) is 0 Å². The normalized spacial score (nSPS) is 11.6. The van der Waals surface area contributed by atoms with Crippen LogP contribution in [-0.2, 0) is 5.41 Å². The second-order valence-electron chi connectivity index (χ2n) is 5.90. The van der Waals surface area contributed by atoms with Crippen molar-refractivity contribution in [3.63, 3.8) is 0 Å². The number of hydrogen-bond donors (Lipinski definition) is 0. The van der Waals surface area contributed by atoms with Gasteiger partial charge in [-0.1, -0.05) is 63.8 Å². The lowest BCUT2D eigenvalue weighted by Crippen LogP contribution is -2.10. The molecular weight excluding hydrogens is 232 g/mol. The largest absolute Gasteiger partial charge is 0.489 e. The molecule has 0 radical (unpaired) electrons. The summed E-state index contributed by atoms with van der Waals surface area (Å²) in [7, 11) is 0. The first-order chi connectivity index (χ1) is 8.79. The van der Waals surface area contributed by atoms with Crippen molar-refractivity contribution in [2.24, 2.45) is 0 Å². The van der Waals surface area contributed by atoms with Crippen LogP contribution in [0.25, 0.3) is 0 Å². The molecule has 0 saturated carbocycles. The van der Waals surface area contributed by atoms with Crippen LogP contribution in [0.15, 0.2) is 60.7 Å². The highest BCUT2D eigenvalue weighted by Crippen LogP contribution is 2.24. The molecule has 0 atom stereocenters. The average Bonchev–Trinajstić information content (AvgIpc) is 2.33. The van der Waals surface area contributed by atoms with Gasteiger partial charge in [0.1, 0.15) is 12.4 Å². The summed E-state index contributed by atoms with van der Waals surface area (Å²) >= 11 is 0. The molecule has 0 saturated heterocycles. The number of ether oxygens (including phenoxy) is 1. The number of benzene rings is 1. The van der Waals surface area contributed by atoms with Gasteiger partial charge in [0.05, 0.1) is 0 Å². The van der Waals surface area contributed by atoms with Gasteiger partial charge in [-0.3, -0.25) is 0 Å². The molecule has 1 aromatic rings. The van der Waals surface area contributed by atoms with Gasteiger partial charge in [0.2, 0.25) is 0 Å². The predicted octanol–water partition coefficient (Wildman–Crippen LogP) is 5.05. The van der Waals surface area contributed by atoms with E-state index in [0.29, 0.717) is 6.61 Å². The predicted molar refractivity (Wildman–Crippen MR) is 83.7 cm³/mol. The third-order valence-electron chi connectivity index (χ3n) is 2.75. The van der Waals surface area contributed by atoms with Crippen LogP contribution in [0, 0.1) is 0 Å². The van der Waals surface area contributed by atoms with E-state index in [-0.39, 0.29) is 5.41 Å². The fourth-order valence-electron chi connectivity index (χ4n) is 1.54. The van der Waals surface area contributed by atoms with Crippen molar-refractivity contribution in [3.05, 3.63) is 66.3 Å². The maximum Gasteiger partial charge on any atom is 0.119 e. The highest BCUT2D eigenvalue weighted by molar-refractivity contribution is 5.32. The SMILES string of the molecule is C=C(C)/C=C\C(=C)COc1ccc(C(C)(C)C)cc1. The van der Waals surface area contributed by atoms with Gasteiger partial charge in [-0.2, -0.15) is 0 Å². The molecule has 102 valence electrons. The third kappa shape index (κ3) is 5.60. The van der Waals surface area contributed by atoms with Gasteiger partial charge >= 0.3 is 0 Å². The molecule has 1 rings (SSSR count). The lowest BCUT2D eigenvalue weighted by molar-refractivity contribution is 0.355. The molecule has 1 nitrogen and oxygen atoms in total. The van der Waals surface area contributed by atoms with Gasteiger partial charge < -0.3 is 4.74 Å². The zero-order valence-electron chi connectivity index (χ0n) is 12.5. The molecule has 0 amide bonds. The minimum absolute atomic E-state index is 0.173. The van der Waals surface area contributed by atoms with Crippen molar-refractivity contribution in [2.45, 2.75) is 33.1 Å². The topological polar surface area (TPSA) is 9.23 Å². The second-order valence-corrected chi connectivity index (χ2v) is 5.90. The van der Waals surface area contributed by atoms with E-state index >= 15 is 0 Å². The molecule has 0 bridgehead atoms. The molecule has 0 aromatic heterocycles. The van der Waals surface area contributed by atoms with Gasteiger partial charge in [-0.05, 0) is 35.6 Å². The standard InChI is InChI=1S/C18H24O/c1-14(2)7-8-15(3)13-19-17-11-9-16(10-12-17)18(4,5)6/h7-12H,1,3,13H2,2,4-6H3/b8-7-.